The molecule has 3 aromatic rings. The van der Waals surface area contributed by atoms with Crippen molar-refractivity contribution in [2.75, 3.05) is 20.3 Å². The third kappa shape index (κ3) is 3.43. The molecule has 1 aromatic carbocycles. The molecule has 1 fully saturated rings. The Kier molecular flexibility index (Phi) is 4.76. The summed E-state index contributed by atoms with van der Waals surface area (Å²) in [5.74, 6) is 0. The third-order valence-corrected chi connectivity index (χ3v) is 4.99. The van der Waals surface area contributed by atoms with Gasteiger partial charge in [0.05, 0.1) is 12.8 Å². The fourth-order valence-corrected chi connectivity index (χ4v) is 3.70. The van der Waals surface area contributed by atoms with Crippen LogP contribution in [0.25, 0.3) is 16.8 Å². The van der Waals surface area contributed by atoms with E-state index in [9.17, 15) is 0 Å². The Morgan fingerprint density at radius 1 is 1.16 bits per heavy atom. The van der Waals surface area contributed by atoms with Crippen LogP contribution in [0.15, 0.2) is 48.9 Å². The van der Waals surface area contributed by atoms with Crippen molar-refractivity contribution in [3.63, 3.8) is 0 Å². The number of fused-ring (bicyclic) bond motifs is 1. The van der Waals surface area contributed by atoms with E-state index < -0.39 is 0 Å². The van der Waals surface area contributed by atoms with Gasteiger partial charge in [-0.05, 0) is 24.9 Å². The van der Waals surface area contributed by atoms with E-state index in [4.69, 9.17) is 9.72 Å². The van der Waals surface area contributed by atoms with E-state index in [0.717, 1.165) is 36.5 Å². The molecule has 1 aliphatic heterocycles. The van der Waals surface area contributed by atoms with Crippen molar-refractivity contribution >= 4 is 5.65 Å². The molecule has 1 saturated heterocycles. The van der Waals surface area contributed by atoms with E-state index in [2.05, 4.69) is 28.3 Å². The predicted octanol–water partition coefficient (Wildman–Crippen LogP) is 3.40. The molecule has 0 aliphatic carbocycles. The summed E-state index contributed by atoms with van der Waals surface area (Å²) >= 11 is 0. The van der Waals surface area contributed by atoms with Gasteiger partial charge in [-0.15, -0.1) is 0 Å². The summed E-state index contributed by atoms with van der Waals surface area (Å²) in [4.78, 5) is 7.21. The van der Waals surface area contributed by atoms with Gasteiger partial charge in [0.2, 0.25) is 0 Å². The van der Waals surface area contributed by atoms with Crippen molar-refractivity contribution in [2.45, 2.75) is 31.8 Å². The highest BCUT2D eigenvalue weighted by Gasteiger charge is 2.22. The molecule has 0 saturated carbocycles. The summed E-state index contributed by atoms with van der Waals surface area (Å²) in [5.41, 5.74) is 4.32. The average Bonchev–Trinajstić information content (AvgIpc) is 3.07. The molecule has 3 heterocycles. The van der Waals surface area contributed by atoms with E-state index in [1.807, 2.05) is 35.1 Å². The Hall–Kier alpha value is -2.24. The number of likely N-dealkylation sites (tertiary alicyclic amines) is 1. The number of benzene rings is 1. The van der Waals surface area contributed by atoms with Crippen LogP contribution in [0.3, 0.4) is 0 Å². The molecule has 0 amide bonds. The first-order valence-corrected chi connectivity index (χ1v) is 8.96. The molecule has 0 unspecified atom stereocenters. The van der Waals surface area contributed by atoms with E-state index in [1.165, 1.54) is 24.8 Å². The summed E-state index contributed by atoms with van der Waals surface area (Å²) in [7, 11) is 1.79. The zero-order valence-corrected chi connectivity index (χ0v) is 14.6. The average molecular weight is 336 g/mol. The summed E-state index contributed by atoms with van der Waals surface area (Å²) in [5, 5.41) is 4.52. The molecular weight excluding hydrogens is 312 g/mol. The largest absolute Gasteiger partial charge is 0.383 e. The summed E-state index contributed by atoms with van der Waals surface area (Å²) in [6.07, 6.45) is 9.76. The SMILES string of the molecule is COC[C@@H]1CCCCN1Cc1cnc2c(-c3ccccc3)cnn2c1. The Morgan fingerprint density at radius 2 is 2.04 bits per heavy atom. The summed E-state index contributed by atoms with van der Waals surface area (Å²) in [6, 6.07) is 10.8. The van der Waals surface area contributed by atoms with Crippen LogP contribution < -0.4 is 0 Å². The third-order valence-electron chi connectivity index (χ3n) is 4.99. The highest BCUT2D eigenvalue weighted by Crippen LogP contribution is 2.24. The highest BCUT2D eigenvalue weighted by molar-refractivity contribution is 5.76. The molecule has 2 aromatic heterocycles. The first kappa shape index (κ1) is 16.2. The van der Waals surface area contributed by atoms with Crippen molar-refractivity contribution in [2.24, 2.45) is 0 Å². The normalized spacial score (nSPS) is 18.7. The second-order valence-corrected chi connectivity index (χ2v) is 6.73. The van der Waals surface area contributed by atoms with Crippen molar-refractivity contribution < 1.29 is 4.74 Å². The molecular formula is C20H24N4O. The zero-order chi connectivity index (χ0) is 17.1. The molecule has 0 spiro atoms. The van der Waals surface area contributed by atoms with Gasteiger partial charge in [0, 0.05) is 43.2 Å². The second kappa shape index (κ2) is 7.33. The zero-order valence-electron chi connectivity index (χ0n) is 14.6. The Morgan fingerprint density at radius 3 is 2.88 bits per heavy atom. The number of ether oxygens (including phenoxy) is 1. The maximum absolute atomic E-state index is 5.40. The number of rotatable bonds is 5. The molecule has 0 bridgehead atoms. The van der Waals surface area contributed by atoms with Gasteiger partial charge in [-0.1, -0.05) is 36.8 Å². The van der Waals surface area contributed by atoms with Gasteiger partial charge in [0.1, 0.15) is 0 Å². The molecule has 4 rings (SSSR count). The first-order valence-electron chi connectivity index (χ1n) is 8.96. The fourth-order valence-electron chi connectivity index (χ4n) is 3.70. The quantitative estimate of drug-likeness (QED) is 0.716. The van der Waals surface area contributed by atoms with Crippen LogP contribution in [-0.4, -0.2) is 45.8 Å². The highest BCUT2D eigenvalue weighted by atomic mass is 16.5. The van der Waals surface area contributed by atoms with Crippen LogP contribution in [0, 0.1) is 0 Å². The van der Waals surface area contributed by atoms with Gasteiger partial charge in [-0.3, -0.25) is 4.90 Å². The minimum Gasteiger partial charge on any atom is -0.383 e. The van der Waals surface area contributed by atoms with Crippen molar-refractivity contribution in [3.8, 4) is 11.1 Å². The Labute approximate surface area is 148 Å². The molecule has 0 N–H and O–H groups in total. The first-order chi connectivity index (χ1) is 12.3. The molecule has 25 heavy (non-hydrogen) atoms. The maximum atomic E-state index is 5.40. The Bertz CT molecular complexity index is 828. The lowest BCUT2D eigenvalue weighted by molar-refractivity contribution is 0.0599. The fraction of sp³-hybridized carbons (Fsp3) is 0.400. The standard InChI is InChI=1S/C20H24N4O/c1-25-15-18-9-5-6-10-23(18)13-16-11-21-20-19(12-22-24(20)14-16)17-7-3-2-4-8-17/h2-4,7-8,11-12,14,18H,5-6,9-10,13,15H2,1H3/t18-/m0/s1. The van der Waals surface area contributed by atoms with Gasteiger partial charge in [0.15, 0.2) is 5.65 Å². The number of methoxy groups -OCH3 is 1. The van der Waals surface area contributed by atoms with Gasteiger partial charge in [0.25, 0.3) is 0 Å². The van der Waals surface area contributed by atoms with Crippen LogP contribution in [0.1, 0.15) is 24.8 Å². The van der Waals surface area contributed by atoms with Crippen molar-refractivity contribution in [1.29, 1.82) is 0 Å². The maximum Gasteiger partial charge on any atom is 0.162 e. The van der Waals surface area contributed by atoms with Gasteiger partial charge >= 0.3 is 0 Å². The van der Waals surface area contributed by atoms with Crippen LogP contribution in [-0.2, 0) is 11.3 Å². The van der Waals surface area contributed by atoms with Crippen molar-refractivity contribution in [1.82, 2.24) is 19.5 Å². The topological polar surface area (TPSA) is 42.7 Å². The lowest BCUT2D eigenvalue weighted by Crippen LogP contribution is -2.41. The van der Waals surface area contributed by atoms with Crippen molar-refractivity contribution in [3.05, 3.63) is 54.5 Å². The van der Waals surface area contributed by atoms with Crippen LogP contribution in [0.2, 0.25) is 0 Å². The Balaban J connectivity index is 1.58. The second-order valence-electron chi connectivity index (χ2n) is 6.73. The minimum atomic E-state index is 0.506. The number of aromatic nitrogens is 3. The smallest absolute Gasteiger partial charge is 0.162 e. The van der Waals surface area contributed by atoms with E-state index in [-0.39, 0.29) is 0 Å². The van der Waals surface area contributed by atoms with Crippen LogP contribution in [0.5, 0.6) is 0 Å². The molecule has 130 valence electrons. The lowest BCUT2D eigenvalue weighted by Gasteiger charge is -2.35. The molecule has 5 nitrogen and oxygen atoms in total. The molecule has 0 radical (unpaired) electrons. The van der Waals surface area contributed by atoms with E-state index >= 15 is 0 Å². The molecule has 5 heteroatoms. The molecule has 1 atom stereocenters. The monoisotopic (exact) mass is 336 g/mol. The summed E-state index contributed by atoms with van der Waals surface area (Å²) in [6.45, 7) is 2.83. The van der Waals surface area contributed by atoms with Gasteiger partial charge in [-0.25, -0.2) is 9.50 Å². The van der Waals surface area contributed by atoms with Crippen LogP contribution in [0.4, 0.5) is 0 Å². The number of nitrogens with zero attached hydrogens (tertiary/aromatic N) is 4. The van der Waals surface area contributed by atoms with Gasteiger partial charge in [-0.2, -0.15) is 5.10 Å². The van der Waals surface area contributed by atoms with E-state index in [1.54, 1.807) is 7.11 Å². The predicted molar refractivity (Wildman–Crippen MR) is 98.3 cm³/mol. The number of piperidine rings is 1. The van der Waals surface area contributed by atoms with E-state index in [0.29, 0.717) is 6.04 Å². The lowest BCUT2D eigenvalue weighted by atomic mass is 10.0. The van der Waals surface area contributed by atoms with Gasteiger partial charge < -0.3 is 4.74 Å². The van der Waals surface area contributed by atoms with Crippen LogP contribution >= 0.6 is 0 Å². The number of hydrogen-bond donors (Lipinski definition) is 0. The number of hydrogen-bond acceptors (Lipinski definition) is 4. The summed E-state index contributed by atoms with van der Waals surface area (Å²) < 4.78 is 7.29. The minimum absolute atomic E-state index is 0.506. The molecule has 1 aliphatic rings.